The number of thiazole rings is 1. The Bertz CT molecular complexity index is 1390. The lowest BCUT2D eigenvalue weighted by atomic mass is 9.97. The van der Waals surface area contributed by atoms with Gasteiger partial charge in [0.2, 0.25) is 15.9 Å². The number of anilines is 1. The van der Waals surface area contributed by atoms with Gasteiger partial charge in [-0.25, -0.2) is 21.8 Å². The Morgan fingerprint density at radius 1 is 1.06 bits per heavy atom. The van der Waals surface area contributed by atoms with Crippen LogP contribution in [-0.4, -0.2) is 51.4 Å². The van der Waals surface area contributed by atoms with Crippen molar-refractivity contribution in [3.05, 3.63) is 47.0 Å². The molecule has 1 amide bonds. The summed E-state index contributed by atoms with van der Waals surface area (Å²) in [5.41, 5.74) is 1.72. The molecule has 176 valence electrons. The highest BCUT2D eigenvalue weighted by molar-refractivity contribution is 7.90. The number of rotatable bonds is 5. The number of aryl methyl sites for hydroxylation is 1. The number of halogens is 1. The van der Waals surface area contributed by atoms with E-state index in [1.807, 2.05) is 13.0 Å². The van der Waals surface area contributed by atoms with Gasteiger partial charge in [-0.2, -0.15) is 4.31 Å². The van der Waals surface area contributed by atoms with E-state index in [9.17, 15) is 21.6 Å². The zero-order chi connectivity index (χ0) is 24.0. The number of sulfone groups is 1. The standard InChI is InChI=1S/C21H22ClN3O5S3/c1-13-3-8-17(22)19-18(13)23-21(31-19)24-20(26)14-9-11-25(12-10-14)33(29,30)16-6-4-15(5-7-16)32(2,27)28/h3-8,14H,9-12H2,1-2H3,(H,23,24,26). The van der Waals surface area contributed by atoms with E-state index in [1.54, 1.807) is 6.07 Å². The number of aromatic nitrogens is 1. The molecular formula is C21H22ClN3O5S3. The number of carbonyl (C=O) groups excluding carboxylic acids is 1. The van der Waals surface area contributed by atoms with Crippen LogP contribution in [0, 0.1) is 12.8 Å². The number of nitrogens with one attached hydrogen (secondary N) is 1. The number of hydrogen-bond acceptors (Lipinski definition) is 7. The minimum absolute atomic E-state index is 0.0273. The van der Waals surface area contributed by atoms with Gasteiger partial charge in [0.25, 0.3) is 0 Å². The molecule has 0 bridgehead atoms. The number of sulfonamides is 1. The van der Waals surface area contributed by atoms with Crippen molar-refractivity contribution < 1.29 is 21.6 Å². The Morgan fingerprint density at radius 3 is 2.24 bits per heavy atom. The van der Waals surface area contributed by atoms with Crippen molar-refractivity contribution >= 4 is 64.1 Å². The second kappa shape index (κ2) is 8.95. The zero-order valence-electron chi connectivity index (χ0n) is 17.9. The number of hydrogen-bond donors (Lipinski definition) is 1. The van der Waals surface area contributed by atoms with Gasteiger partial charge in [-0.05, 0) is 55.7 Å². The van der Waals surface area contributed by atoms with Crippen molar-refractivity contribution in [2.24, 2.45) is 5.92 Å². The van der Waals surface area contributed by atoms with Crippen LogP contribution in [0.3, 0.4) is 0 Å². The fourth-order valence-corrected chi connectivity index (χ4v) is 7.05. The Morgan fingerprint density at radius 2 is 1.67 bits per heavy atom. The van der Waals surface area contributed by atoms with E-state index in [-0.39, 0.29) is 34.7 Å². The van der Waals surface area contributed by atoms with Crippen LogP contribution < -0.4 is 5.32 Å². The highest BCUT2D eigenvalue weighted by Crippen LogP contribution is 2.34. The maximum absolute atomic E-state index is 12.9. The van der Waals surface area contributed by atoms with Gasteiger partial charge in [-0.3, -0.25) is 4.79 Å². The summed E-state index contributed by atoms with van der Waals surface area (Å²) in [6.45, 7) is 2.31. The summed E-state index contributed by atoms with van der Waals surface area (Å²) >= 11 is 7.54. The zero-order valence-corrected chi connectivity index (χ0v) is 21.1. The molecule has 0 atom stereocenters. The Hall–Kier alpha value is -2.05. The van der Waals surface area contributed by atoms with Crippen molar-refractivity contribution in [2.45, 2.75) is 29.6 Å². The van der Waals surface area contributed by atoms with E-state index < -0.39 is 19.9 Å². The topological polar surface area (TPSA) is 114 Å². The molecule has 1 N–H and O–H groups in total. The number of piperidine rings is 1. The molecule has 4 rings (SSSR count). The van der Waals surface area contributed by atoms with Gasteiger partial charge >= 0.3 is 0 Å². The monoisotopic (exact) mass is 527 g/mol. The molecule has 3 aromatic rings. The fraction of sp³-hybridized carbons (Fsp3) is 0.333. The van der Waals surface area contributed by atoms with E-state index in [2.05, 4.69) is 10.3 Å². The van der Waals surface area contributed by atoms with Crippen molar-refractivity contribution in [3.63, 3.8) is 0 Å². The van der Waals surface area contributed by atoms with E-state index in [0.29, 0.717) is 23.0 Å². The lowest BCUT2D eigenvalue weighted by molar-refractivity contribution is -0.120. The smallest absolute Gasteiger partial charge is 0.243 e. The summed E-state index contributed by atoms with van der Waals surface area (Å²) in [6.07, 6.45) is 1.81. The summed E-state index contributed by atoms with van der Waals surface area (Å²) in [7, 11) is -7.19. The molecule has 1 saturated heterocycles. The largest absolute Gasteiger partial charge is 0.302 e. The summed E-state index contributed by atoms with van der Waals surface area (Å²) in [4.78, 5) is 17.3. The van der Waals surface area contributed by atoms with Crippen LogP contribution in [0.2, 0.25) is 5.02 Å². The third-order valence-corrected chi connectivity index (χ3v) is 10.1. The lowest BCUT2D eigenvalue weighted by Crippen LogP contribution is -2.41. The second-order valence-electron chi connectivity index (χ2n) is 7.97. The van der Waals surface area contributed by atoms with Gasteiger partial charge in [0.15, 0.2) is 15.0 Å². The molecule has 0 saturated carbocycles. The molecule has 12 heteroatoms. The van der Waals surface area contributed by atoms with Crippen LogP contribution in [0.1, 0.15) is 18.4 Å². The second-order valence-corrected chi connectivity index (χ2v) is 13.3. The lowest BCUT2D eigenvalue weighted by Gasteiger charge is -2.30. The predicted molar refractivity (Wildman–Crippen MR) is 129 cm³/mol. The third kappa shape index (κ3) is 4.92. The number of benzene rings is 2. The molecule has 1 fully saturated rings. The maximum atomic E-state index is 12.9. The maximum Gasteiger partial charge on any atom is 0.243 e. The molecule has 1 aromatic heterocycles. The van der Waals surface area contributed by atoms with E-state index in [1.165, 1.54) is 39.9 Å². The number of amides is 1. The first kappa shape index (κ1) is 24.1. The van der Waals surface area contributed by atoms with Crippen LogP contribution in [0.5, 0.6) is 0 Å². The highest BCUT2D eigenvalue weighted by Gasteiger charge is 2.32. The van der Waals surface area contributed by atoms with Gasteiger partial charge < -0.3 is 5.32 Å². The van der Waals surface area contributed by atoms with Gasteiger partial charge in [0.1, 0.15) is 0 Å². The number of nitrogens with zero attached hydrogens (tertiary/aromatic N) is 2. The summed E-state index contributed by atoms with van der Waals surface area (Å²) in [5, 5.41) is 3.89. The average molecular weight is 528 g/mol. The van der Waals surface area contributed by atoms with Crippen molar-refractivity contribution in [2.75, 3.05) is 24.7 Å². The molecule has 1 aliphatic rings. The number of carbonyl (C=O) groups is 1. The van der Waals surface area contributed by atoms with Gasteiger partial charge in [-0.15, -0.1) is 0 Å². The van der Waals surface area contributed by atoms with Gasteiger partial charge in [0.05, 0.1) is 25.0 Å². The van der Waals surface area contributed by atoms with Gasteiger partial charge in [0, 0.05) is 25.3 Å². The predicted octanol–water partition coefficient (Wildman–Crippen LogP) is 3.70. The summed E-state index contributed by atoms with van der Waals surface area (Å²) in [6, 6.07) is 8.84. The minimum atomic E-state index is -3.78. The van der Waals surface area contributed by atoms with Crippen molar-refractivity contribution in [1.29, 1.82) is 0 Å². The molecule has 0 radical (unpaired) electrons. The first-order valence-corrected chi connectivity index (χ1v) is 14.7. The Labute approximate surface area is 201 Å². The van der Waals surface area contributed by atoms with Crippen LogP contribution in [0.25, 0.3) is 10.2 Å². The van der Waals surface area contributed by atoms with Crippen LogP contribution >= 0.6 is 22.9 Å². The van der Waals surface area contributed by atoms with E-state index in [4.69, 9.17) is 11.6 Å². The Balaban J connectivity index is 1.41. The fourth-order valence-electron chi connectivity index (χ4n) is 3.73. The molecule has 8 nitrogen and oxygen atoms in total. The normalized spacial score (nSPS) is 16.2. The quantitative estimate of drug-likeness (QED) is 0.541. The molecular weight excluding hydrogens is 506 g/mol. The van der Waals surface area contributed by atoms with E-state index >= 15 is 0 Å². The summed E-state index contributed by atoms with van der Waals surface area (Å²) < 4.78 is 51.2. The first-order valence-electron chi connectivity index (χ1n) is 10.1. The average Bonchev–Trinajstić information content (AvgIpc) is 3.21. The first-order chi connectivity index (χ1) is 15.5. The number of fused-ring (bicyclic) bond motifs is 1. The summed E-state index contributed by atoms with van der Waals surface area (Å²) in [5.74, 6) is -0.537. The third-order valence-electron chi connectivity index (χ3n) is 5.64. The molecule has 2 heterocycles. The molecule has 1 aliphatic heterocycles. The van der Waals surface area contributed by atoms with Gasteiger partial charge in [-0.1, -0.05) is 29.0 Å². The van der Waals surface area contributed by atoms with Crippen LogP contribution in [-0.2, 0) is 24.7 Å². The molecule has 2 aromatic carbocycles. The molecule has 33 heavy (non-hydrogen) atoms. The van der Waals surface area contributed by atoms with Crippen LogP contribution in [0.15, 0.2) is 46.2 Å². The van der Waals surface area contributed by atoms with Crippen molar-refractivity contribution in [1.82, 2.24) is 9.29 Å². The molecule has 0 spiro atoms. The highest BCUT2D eigenvalue weighted by atomic mass is 35.5. The molecule has 0 aliphatic carbocycles. The molecule has 0 unspecified atom stereocenters. The SMILES string of the molecule is Cc1ccc(Cl)c2sc(NC(=O)C3CCN(S(=O)(=O)c4ccc(S(C)(=O)=O)cc4)CC3)nc12. The minimum Gasteiger partial charge on any atom is -0.302 e. The van der Waals surface area contributed by atoms with Crippen molar-refractivity contribution in [3.8, 4) is 0 Å². The van der Waals surface area contributed by atoms with Crippen LogP contribution in [0.4, 0.5) is 5.13 Å². The Kier molecular flexibility index (Phi) is 6.53. The van der Waals surface area contributed by atoms with E-state index in [0.717, 1.165) is 22.0 Å².